The van der Waals surface area contributed by atoms with Crippen LogP contribution in [0.1, 0.15) is 40.0 Å². The third-order valence-electron chi connectivity index (χ3n) is 6.94. The Bertz CT molecular complexity index is 1920. The van der Waals surface area contributed by atoms with Crippen LogP contribution < -0.4 is 24.4 Å². The first-order valence-corrected chi connectivity index (χ1v) is 14.5. The first-order valence-electron chi connectivity index (χ1n) is 13.7. The minimum Gasteiger partial charge on any atom is -0.493 e. The fraction of sp³-hybridized carbons (Fsp3) is 0.176. The number of benzene rings is 3. The zero-order valence-corrected chi connectivity index (χ0v) is 25.3. The van der Waals surface area contributed by atoms with Gasteiger partial charge in [-0.1, -0.05) is 72.5 Å². The number of carbonyl (C=O) groups excluding carboxylic acids is 2. The molecule has 5 rings (SSSR count). The maximum atomic E-state index is 14.0. The third-order valence-corrected chi connectivity index (χ3v) is 7.93. The number of ether oxygens (including phenoxy) is 4. The number of thiazole rings is 1. The molecule has 3 aromatic carbocycles. The molecule has 9 nitrogen and oxygen atoms in total. The Morgan fingerprint density at radius 2 is 1.75 bits per heavy atom. The van der Waals surface area contributed by atoms with E-state index in [0.29, 0.717) is 44.3 Å². The Balaban J connectivity index is 1.55. The molecular weight excluding hydrogens is 580 g/mol. The van der Waals surface area contributed by atoms with Gasteiger partial charge in [-0.2, -0.15) is 0 Å². The van der Waals surface area contributed by atoms with Crippen molar-refractivity contribution in [1.29, 1.82) is 0 Å². The van der Waals surface area contributed by atoms with Crippen LogP contribution in [0.25, 0.3) is 6.08 Å². The summed E-state index contributed by atoms with van der Waals surface area (Å²) in [5, 5.41) is 0. The van der Waals surface area contributed by atoms with E-state index in [1.165, 1.54) is 29.1 Å². The molecule has 0 N–H and O–H groups in total. The summed E-state index contributed by atoms with van der Waals surface area (Å²) >= 11 is 1.21. The van der Waals surface area contributed by atoms with Crippen molar-refractivity contribution in [2.24, 2.45) is 4.99 Å². The number of nitrogens with zero attached hydrogens (tertiary/aromatic N) is 2. The highest BCUT2D eigenvalue weighted by atomic mass is 32.1. The molecule has 44 heavy (non-hydrogen) atoms. The van der Waals surface area contributed by atoms with Gasteiger partial charge in [-0.3, -0.25) is 9.36 Å². The van der Waals surface area contributed by atoms with Crippen LogP contribution in [-0.2, 0) is 20.9 Å². The quantitative estimate of drug-likeness (QED) is 0.194. The van der Waals surface area contributed by atoms with Crippen molar-refractivity contribution >= 4 is 29.4 Å². The number of hydrogen-bond acceptors (Lipinski definition) is 9. The first kappa shape index (κ1) is 30.2. The molecule has 224 valence electrons. The minimum absolute atomic E-state index is 0.000916. The van der Waals surface area contributed by atoms with E-state index in [-0.39, 0.29) is 17.7 Å². The highest BCUT2D eigenvalue weighted by Crippen LogP contribution is 2.32. The van der Waals surface area contributed by atoms with Gasteiger partial charge in [-0.25, -0.2) is 14.6 Å². The summed E-state index contributed by atoms with van der Waals surface area (Å²) in [6.45, 7) is 5.70. The van der Waals surface area contributed by atoms with Gasteiger partial charge in [-0.05, 0) is 54.0 Å². The Kier molecular flexibility index (Phi) is 9.20. The number of aromatic nitrogens is 1. The topological polar surface area (TPSA) is 105 Å². The molecule has 1 atom stereocenters. The molecule has 1 aliphatic rings. The Morgan fingerprint density at radius 1 is 1.00 bits per heavy atom. The van der Waals surface area contributed by atoms with Crippen molar-refractivity contribution in [1.82, 2.24) is 4.57 Å². The zero-order chi connectivity index (χ0) is 31.2. The van der Waals surface area contributed by atoms with E-state index in [9.17, 15) is 14.4 Å². The summed E-state index contributed by atoms with van der Waals surface area (Å²) in [5.74, 6) is -0.0131. The summed E-state index contributed by atoms with van der Waals surface area (Å²) in [6, 6.07) is 21.0. The second kappa shape index (κ2) is 13.4. The summed E-state index contributed by atoms with van der Waals surface area (Å²) in [6.07, 6.45) is 3.22. The molecule has 0 bridgehead atoms. The predicted molar refractivity (Wildman–Crippen MR) is 166 cm³/mol. The SMILES string of the molecule is C=CCOC(=O)C1=C(C)N=c2sc(=Cc3ccc(OCc4ccccc4)c(OC)c3)c(=O)n2C1c1ccc(C(=O)OC)cc1. The Hall–Kier alpha value is -5.22. The van der Waals surface area contributed by atoms with Crippen LogP contribution in [0, 0.1) is 0 Å². The summed E-state index contributed by atoms with van der Waals surface area (Å²) < 4.78 is 23.6. The van der Waals surface area contributed by atoms with Gasteiger partial charge in [0.1, 0.15) is 13.2 Å². The number of hydrogen-bond donors (Lipinski definition) is 0. The van der Waals surface area contributed by atoms with Crippen LogP contribution in [0.4, 0.5) is 0 Å². The van der Waals surface area contributed by atoms with Crippen molar-refractivity contribution < 1.29 is 28.5 Å². The molecule has 10 heteroatoms. The maximum Gasteiger partial charge on any atom is 0.338 e. The van der Waals surface area contributed by atoms with Gasteiger partial charge < -0.3 is 18.9 Å². The monoisotopic (exact) mass is 610 g/mol. The lowest BCUT2D eigenvalue weighted by atomic mass is 9.95. The van der Waals surface area contributed by atoms with Gasteiger partial charge in [0, 0.05) is 0 Å². The van der Waals surface area contributed by atoms with Gasteiger partial charge in [0.2, 0.25) is 0 Å². The molecule has 1 unspecified atom stereocenters. The van der Waals surface area contributed by atoms with Crippen LogP contribution >= 0.6 is 11.3 Å². The lowest BCUT2D eigenvalue weighted by Crippen LogP contribution is -2.40. The molecule has 2 heterocycles. The fourth-order valence-corrected chi connectivity index (χ4v) is 5.86. The standard InChI is InChI=1S/C34H30N2O7S/c1-5-17-42-33(39)29-21(2)35-34-36(30(29)24-12-14-25(15-13-24)32(38)41-4)31(37)28(44-34)19-23-11-16-26(27(18-23)40-3)43-20-22-9-7-6-8-10-22/h5-16,18-19,30H,1,17,20H2,2-4H3. The van der Waals surface area contributed by atoms with E-state index in [0.717, 1.165) is 11.1 Å². The molecule has 1 aromatic heterocycles. The molecule has 1 aliphatic heterocycles. The zero-order valence-electron chi connectivity index (χ0n) is 24.4. The summed E-state index contributed by atoms with van der Waals surface area (Å²) in [5.41, 5.74) is 3.00. The van der Waals surface area contributed by atoms with Gasteiger partial charge >= 0.3 is 11.9 Å². The fourth-order valence-electron chi connectivity index (χ4n) is 4.81. The van der Waals surface area contributed by atoms with E-state index < -0.39 is 18.0 Å². The van der Waals surface area contributed by atoms with Crippen LogP contribution in [0.5, 0.6) is 11.5 Å². The number of carbonyl (C=O) groups is 2. The molecule has 0 aliphatic carbocycles. The molecule has 0 spiro atoms. The highest BCUT2D eigenvalue weighted by molar-refractivity contribution is 7.07. The van der Waals surface area contributed by atoms with Crippen molar-refractivity contribution in [3.63, 3.8) is 0 Å². The maximum absolute atomic E-state index is 14.0. The first-order chi connectivity index (χ1) is 21.3. The average molecular weight is 611 g/mol. The Labute approximate surface area is 257 Å². The van der Waals surface area contributed by atoms with Crippen LogP contribution in [0.2, 0.25) is 0 Å². The van der Waals surface area contributed by atoms with E-state index in [1.807, 2.05) is 36.4 Å². The largest absolute Gasteiger partial charge is 0.493 e. The Morgan fingerprint density at radius 3 is 2.43 bits per heavy atom. The van der Waals surface area contributed by atoms with E-state index in [1.54, 1.807) is 56.5 Å². The van der Waals surface area contributed by atoms with Crippen LogP contribution in [0.15, 0.2) is 107 Å². The van der Waals surface area contributed by atoms with Crippen molar-refractivity contribution in [3.05, 3.63) is 139 Å². The van der Waals surface area contributed by atoms with Crippen molar-refractivity contribution in [2.75, 3.05) is 20.8 Å². The molecular formula is C34H30N2O7S. The number of methoxy groups -OCH3 is 2. The lowest BCUT2D eigenvalue weighted by molar-refractivity contribution is -0.138. The van der Waals surface area contributed by atoms with E-state index in [4.69, 9.17) is 18.9 Å². The van der Waals surface area contributed by atoms with Gasteiger partial charge in [0.05, 0.1) is 41.6 Å². The lowest BCUT2D eigenvalue weighted by Gasteiger charge is -2.24. The number of fused-ring (bicyclic) bond motifs is 1. The van der Waals surface area contributed by atoms with Crippen LogP contribution in [-0.4, -0.2) is 37.3 Å². The molecule has 4 aromatic rings. The number of rotatable bonds is 10. The van der Waals surface area contributed by atoms with Gasteiger partial charge in [0.25, 0.3) is 5.56 Å². The average Bonchev–Trinajstić information content (AvgIpc) is 3.35. The third kappa shape index (κ3) is 6.25. The second-order valence-corrected chi connectivity index (χ2v) is 10.8. The molecule has 0 saturated heterocycles. The predicted octanol–water partition coefficient (Wildman–Crippen LogP) is 4.34. The summed E-state index contributed by atoms with van der Waals surface area (Å²) in [7, 11) is 2.86. The molecule has 0 saturated carbocycles. The summed E-state index contributed by atoms with van der Waals surface area (Å²) in [4.78, 5) is 44.3. The van der Waals surface area contributed by atoms with Crippen LogP contribution in [0.3, 0.4) is 0 Å². The van der Waals surface area contributed by atoms with Crippen molar-refractivity contribution in [2.45, 2.75) is 19.6 Å². The van der Waals surface area contributed by atoms with E-state index in [2.05, 4.69) is 11.6 Å². The second-order valence-electron chi connectivity index (χ2n) is 9.77. The minimum atomic E-state index is -0.833. The number of allylic oxidation sites excluding steroid dienone is 1. The molecule has 0 amide bonds. The van der Waals surface area contributed by atoms with Gasteiger partial charge in [-0.15, -0.1) is 0 Å². The smallest absolute Gasteiger partial charge is 0.338 e. The molecule has 0 radical (unpaired) electrons. The van der Waals surface area contributed by atoms with E-state index >= 15 is 0 Å². The highest BCUT2D eigenvalue weighted by Gasteiger charge is 2.33. The number of esters is 2. The normalized spacial score (nSPS) is 14.3. The molecule has 0 fully saturated rings. The van der Waals surface area contributed by atoms with Crippen molar-refractivity contribution in [3.8, 4) is 11.5 Å². The van der Waals surface area contributed by atoms with Gasteiger partial charge in [0.15, 0.2) is 16.3 Å².